The highest BCUT2D eigenvalue weighted by Gasteiger charge is 1.98. The Morgan fingerprint density at radius 1 is 1.38 bits per heavy atom. The number of Topliss-reactive ketones (excluding diaryl/α,β-unsaturated/α-hetero) is 1. The van der Waals surface area contributed by atoms with Gasteiger partial charge in [-0.25, -0.2) is 0 Å². The summed E-state index contributed by atoms with van der Waals surface area (Å²) in [6.07, 6.45) is 2.80. The van der Waals surface area contributed by atoms with Gasteiger partial charge in [-0.05, 0) is 13.0 Å². The number of hydrogen-bond donors (Lipinski definition) is 0. The van der Waals surface area contributed by atoms with Gasteiger partial charge >= 0.3 is 0 Å². The van der Waals surface area contributed by atoms with Crippen LogP contribution in [-0.2, 0) is 9.59 Å². The van der Waals surface area contributed by atoms with E-state index in [0.717, 1.165) is 0 Å². The summed E-state index contributed by atoms with van der Waals surface area (Å²) in [5, 5.41) is 0. The van der Waals surface area contributed by atoms with Crippen molar-refractivity contribution < 1.29 is 9.59 Å². The van der Waals surface area contributed by atoms with Gasteiger partial charge in [0, 0.05) is 6.92 Å². The maximum Gasteiger partial charge on any atom is 0.220 e. The highest BCUT2D eigenvalue weighted by atomic mass is 16.2. The van der Waals surface area contributed by atoms with E-state index in [0.29, 0.717) is 0 Å². The van der Waals surface area contributed by atoms with Crippen LogP contribution in [0, 0.1) is 0 Å². The average molecular weight is 112 g/mol. The second-order valence-corrected chi connectivity index (χ2v) is 1.42. The molecule has 2 heteroatoms. The molecule has 0 saturated heterocycles. The molecule has 0 aromatic heterocycles. The fourth-order valence-corrected chi connectivity index (χ4v) is 0.269. The Bertz CT molecular complexity index is 133. The van der Waals surface area contributed by atoms with E-state index in [1.165, 1.54) is 13.0 Å². The van der Waals surface area contributed by atoms with Crippen LogP contribution < -0.4 is 0 Å². The van der Waals surface area contributed by atoms with E-state index >= 15 is 0 Å². The smallest absolute Gasteiger partial charge is 0.220 e. The third-order valence-electron chi connectivity index (χ3n) is 0.665. The van der Waals surface area contributed by atoms with Crippen molar-refractivity contribution >= 4 is 11.6 Å². The van der Waals surface area contributed by atoms with Crippen molar-refractivity contribution in [2.24, 2.45) is 0 Å². The van der Waals surface area contributed by atoms with E-state index in [-0.39, 0.29) is 0 Å². The van der Waals surface area contributed by atoms with Crippen molar-refractivity contribution in [1.82, 2.24) is 0 Å². The zero-order valence-electron chi connectivity index (χ0n) is 4.97. The fourth-order valence-electron chi connectivity index (χ4n) is 0.269. The van der Waals surface area contributed by atoms with Gasteiger partial charge in [0.1, 0.15) is 0 Å². The van der Waals surface area contributed by atoms with E-state index in [1.807, 2.05) is 0 Å². The normalized spacial score (nSPS) is 9.75. The minimum atomic E-state index is -0.437. The molecule has 0 saturated carbocycles. The van der Waals surface area contributed by atoms with Crippen molar-refractivity contribution in [1.29, 1.82) is 0 Å². The molecule has 0 aliphatic rings. The van der Waals surface area contributed by atoms with E-state index in [2.05, 4.69) is 0 Å². The maximum atomic E-state index is 10.3. The van der Waals surface area contributed by atoms with Crippen LogP contribution in [0.25, 0.3) is 0 Å². The van der Waals surface area contributed by atoms with Crippen molar-refractivity contribution in [3.63, 3.8) is 0 Å². The zero-order valence-corrected chi connectivity index (χ0v) is 4.97. The molecular weight excluding hydrogens is 104 g/mol. The van der Waals surface area contributed by atoms with Gasteiger partial charge in [-0.2, -0.15) is 0 Å². The summed E-state index contributed by atoms with van der Waals surface area (Å²) < 4.78 is 0. The molecule has 0 aliphatic heterocycles. The van der Waals surface area contributed by atoms with Gasteiger partial charge in [-0.1, -0.05) is 6.08 Å². The molecule has 0 aromatic rings. The molecule has 0 spiro atoms. The minimum absolute atomic E-state index is 0.414. The number of carbonyl (C=O) groups excluding carboxylic acids is 2. The molecule has 0 heterocycles. The van der Waals surface area contributed by atoms with Crippen LogP contribution in [0.2, 0.25) is 0 Å². The van der Waals surface area contributed by atoms with Crippen molar-refractivity contribution in [2.75, 3.05) is 0 Å². The summed E-state index contributed by atoms with van der Waals surface area (Å²) in [7, 11) is 0. The predicted octanol–water partition coefficient (Wildman–Crippen LogP) is 0.721. The average Bonchev–Trinajstić information content (AvgIpc) is 1.67. The summed E-state index contributed by atoms with van der Waals surface area (Å²) in [5.74, 6) is -0.851. The van der Waals surface area contributed by atoms with Gasteiger partial charge in [-0.15, -0.1) is 0 Å². The van der Waals surface area contributed by atoms with Gasteiger partial charge in [0.15, 0.2) is 5.78 Å². The molecular formula is C6H8O2. The number of rotatable bonds is 2. The van der Waals surface area contributed by atoms with E-state index < -0.39 is 11.6 Å². The number of carbonyl (C=O) groups is 2. The van der Waals surface area contributed by atoms with Gasteiger partial charge in [0.2, 0.25) is 5.78 Å². The fraction of sp³-hybridized carbons (Fsp3) is 0.333. The number of allylic oxidation sites excluding steroid dienone is 2. The van der Waals surface area contributed by atoms with Crippen LogP contribution in [0.15, 0.2) is 12.2 Å². The monoisotopic (exact) mass is 112 g/mol. The first-order valence-electron chi connectivity index (χ1n) is 2.36. The van der Waals surface area contributed by atoms with Gasteiger partial charge in [0.05, 0.1) is 0 Å². The largest absolute Gasteiger partial charge is 0.291 e. The molecule has 0 unspecified atom stereocenters. The molecule has 0 N–H and O–H groups in total. The van der Waals surface area contributed by atoms with Crippen LogP contribution in [0.5, 0.6) is 0 Å². The Hall–Kier alpha value is -0.920. The first-order valence-corrected chi connectivity index (χ1v) is 2.36. The lowest BCUT2D eigenvalue weighted by atomic mass is 10.3. The van der Waals surface area contributed by atoms with Crippen molar-refractivity contribution in [3.8, 4) is 0 Å². The zero-order chi connectivity index (χ0) is 6.57. The lowest BCUT2D eigenvalue weighted by Gasteiger charge is -1.78. The van der Waals surface area contributed by atoms with Crippen LogP contribution in [0.3, 0.4) is 0 Å². The Morgan fingerprint density at radius 2 is 1.88 bits per heavy atom. The van der Waals surface area contributed by atoms with Crippen LogP contribution >= 0.6 is 0 Å². The molecule has 8 heavy (non-hydrogen) atoms. The molecule has 0 aromatic carbocycles. The Balaban J connectivity index is 3.85. The molecule has 0 rings (SSSR count). The summed E-state index contributed by atoms with van der Waals surface area (Å²) >= 11 is 0. The van der Waals surface area contributed by atoms with Crippen LogP contribution in [0.1, 0.15) is 13.8 Å². The molecule has 0 fully saturated rings. The van der Waals surface area contributed by atoms with E-state index in [9.17, 15) is 9.59 Å². The molecule has 0 amide bonds. The SMILES string of the molecule is C/C=C/C(=O)C(C)=O. The molecule has 0 radical (unpaired) electrons. The second kappa shape index (κ2) is 3.13. The van der Waals surface area contributed by atoms with E-state index in [1.54, 1.807) is 13.0 Å². The molecule has 44 valence electrons. The number of hydrogen-bond acceptors (Lipinski definition) is 2. The lowest BCUT2D eigenvalue weighted by Crippen LogP contribution is -2.04. The quantitative estimate of drug-likeness (QED) is 0.389. The highest BCUT2D eigenvalue weighted by molar-refractivity contribution is 6.40. The summed E-state index contributed by atoms with van der Waals surface area (Å²) in [6, 6.07) is 0. The highest BCUT2D eigenvalue weighted by Crippen LogP contribution is 1.76. The molecule has 0 aliphatic carbocycles. The molecule has 0 bridgehead atoms. The van der Waals surface area contributed by atoms with Crippen LogP contribution in [-0.4, -0.2) is 11.6 Å². The minimum Gasteiger partial charge on any atom is -0.291 e. The summed E-state index contributed by atoms with van der Waals surface area (Å²) in [4.78, 5) is 20.4. The summed E-state index contributed by atoms with van der Waals surface area (Å²) in [6.45, 7) is 2.95. The third kappa shape index (κ3) is 2.29. The predicted molar refractivity (Wildman–Crippen MR) is 30.5 cm³/mol. The van der Waals surface area contributed by atoms with Crippen molar-refractivity contribution in [3.05, 3.63) is 12.2 Å². The van der Waals surface area contributed by atoms with Gasteiger partial charge < -0.3 is 0 Å². The van der Waals surface area contributed by atoms with Gasteiger partial charge in [0.25, 0.3) is 0 Å². The first-order chi connectivity index (χ1) is 3.68. The van der Waals surface area contributed by atoms with Gasteiger partial charge in [-0.3, -0.25) is 9.59 Å². The maximum absolute atomic E-state index is 10.3. The molecule has 0 atom stereocenters. The molecule has 2 nitrogen and oxygen atoms in total. The third-order valence-corrected chi connectivity index (χ3v) is 0.665. The topological polar surface area (TPSA) is 34.1 Å². The summed E-state index contributed by atoms with van der Waals surface area (Å²) in [5.41, 5.74) is 0. The standard InChI is InChI=1S/C6H8O2/c1-3-4-6(8)5(2)7/h3-4H,1-2H3/b4-3+. The number of ketones is 2. The van der Waals surface area contributed by atoms with Crippen molar-refractivity contribution in [2.45, 2.75) is 13.8 Å². The Morgan fingerprint density at radius 3 is 2.00 bits per heavy atom. The first kappa shape index (κ1) is 7.08. The Kier molecular flexibility index (Phi) is 2.77. The van der Waals surface area contributed by atoms with E-state index in [4.69, 9.17) is 0 Å². The van der Waals surface area contributed by atoms with Crippen LogP contribution in [0.4, 0.5) is 0 Å². The second-order valence-electron chi connectivity index (χ2n) is 1.42. The lowest BCUT2D eigenvalue weighted by molar-refractivity contribution is -0.132. The Labute approximate surface area is 48.2 Å².